The number of nitrogens with zero attached hydrogens (tertiary/aromatic N) is 5. The van der Waals surface area contributed by atoms with Crippen LogP contribution >= 0.6 is 11.3 Å². The average Bonchev–Trinajstić information content (AvgIpc) is 3.54. The minimum atomic E-state index is -3.90. The average molecular weight is 597 g/mol. The van der Waals surface area contributed by atoms with Crippen LogP contribution in [0.15, 0.2) is 63.5 Å². The summed E-state index contributed by atoms with van der Waals surface area (Å²) in [7, 11) is -3.90. The lowest BCUT2D eigenvalue weighted by molar-refractivity contribution is -0.115. The normalized spacial score (nSPS) is 13.6. The van der Waals surface area contributed by atoms with Crippen LogP contribution in [0.2, 0.25) is 0 Å². The molecule has 214 valence electrons. The first kappa shape index (κ1) is 28.0. The number of hydrogen-bond donors (Lipinski definition) is 3. The van der Waals surface area contributed by atoms with Crippen LogP contribution in [0.3, 0.4) is 0 Å². The summed E-state index contributed by atoms with van der Waals surface area (Å²) in [5, 5.41) is 11.4. The number of aryl methyl sites for hydroxylation is 1. The van der Waals surface area contributed by atoms with E-state index in [0.717, 1.165) is 5.82 Å². The molecular formula is C26H28N8O5S2. The number of carbonyl (C=O) groups is 2. The van der Waals surface area contributed by atoms with Gasteiger partial charge in [-0.25, -0.2) is 27.9 Å². The Kier molecular flexibility index (Phi) is 8.16. The van der Waals surface area contributed by atoms with E-state index in [1.807, 2.05) is 18.2 Å². The molecule has 15 heteroatoms. The summed E-state index contributed by atoms with van der Waals surface area (Å²) in [5.41, 5.74) is 2.12. The van der Waals surface area contributed by atoms with Gasteiger partial charge in [0.15, 0.2) is 5.13 Å². The van der Waals surface area contributed by atoms with Gasteiger partial charge in [0.25, 0.3) is 10.0 Å². The number of anilines is 4. The summed E-state index contributed by atoms with van der Waals surface area (Å²) in [5.74, 6) is 0.614. The maximum absolute atomic E-state index is 12.7. The van der Waals surface area contributed by atoms with E-state index < -0.39 is 10.0 Å². The molecule has 3 aromatic heterocycles. The highest BCUT2D eigenvalue weighted by molar-refractivity contribution is 7.92. The molecule has 3 N–H and O–H groups in total. The standard InChI is InChI=1S/C26H28N8O5S2/c1-17-18(2)31-39-24(17)32-41(37,38)21-8-6-19(7-9-21)28-23(35)15-20-16-40-25(29-20)30-26(36)34-13-11-33(12-14-34)22-5-3-4-10-27-22/h3-10,16,32H,11-15H2,1-2H3,(H,28,35)(H,29,30,36). The predicted octanol–water partition coefficient (Wildman–Crippen LogP) is 3.48. The Bertz CT molecular complexity index is 1630. The highest BCUT2D eigenvalue weighted by atomic mass is 32.2. The van der Waals surface area contributed by atoms with Crippen molar-refractivity contribution in [3.63, 3.8) is 0 Å². The lowest BCUT2D eigenvalue weighted by Gasteiger charge is -2.35. The minimum absolute atomic E-state index is 0.00184. The van der Waals surface area contributed by atoms with Gasteiger partial charge < -0.3 is 19.6 Å². The third-order valence-electron chi connectivity index (χ3n) is 6.48. The Morgan fingerprint density at radius 2 is 1.78 bits per heavy atom. The highest BCUT2D eigenvalue weighted by Crippen LogP contribution is 2.23. The van der Waals surface area contributed by atoms with Gasteiger partial charge in [0.1, 0.15) is 5.82 Å². The molecule has 5 rings (SSSR count). The number of piperazine rings is 1. The van der Waals surface area contributed by atoms with Crippen LogP contribution in [0.4, 0.5) is 27.3 Å². The summed E-state index contributed by atoms with van der Waals surface area (Å²) < 4.78 is 32.7. The minimum Gasteiger partial charge on any atom is -0.353 e. The second-order valence-corrected chi connectivity index (χ2v) is 11.9. The number of thiazole rings is 1. The molecule has 0 radical (unpaired) electrons. The molecule has 0 aliphatic carbocycles. The largest absolute Gasteiger partial charge is 0.353 e. The van der Waals surface area contributed by atoms with Crippen LogP contribution in [0, 0.1) is 13.8 Å². The van der Waals surface area contributed by atoms with Crippen LogP contribution in [-0.4, -0.2) is 66.6 Å². The molecule has 4 aromatic rings. The second-order valence-electron chi connectivity index (χ2n) is 9.31. The van der Waals surface area contributed by atoms with E-state index in [-0.39, 0.29) is 29.1 Å². The molecule has 41 heavy (non-hydrogen) atoms. The van der Waals surface area contributed by atoms with Crippen molar-refractivity contribution in [2.75, 3.05) is 46.4 Å². The Balaban J connectivity index is 1.10. The van der Waals surface area contributed by atoms with Crippen LogP contribution < -0.4 is 20.3 Å². The molecule has 3 amide bonds. The van der Waals surface area contributed by atoms with Gasteiger partial charge in [0, 0.05) is 49.0 Å². The molecule has 0 unspecified atom stereocenters. The number of urea groups is 1. The first-order valence-corrected chi connectivity index (χ1v) is 15.1. The van der Waals surface area contributed by atoms with E-state index in [9.17, 15) is 18.0 Å². The van der Waals surface area contributed by atoms with Crippen molar-refractivity contribution >= 4 is 55.8 Å². The van der Waals surface area contributed by atoms with Gasteiger partial charge in [-0.3, -0.25) is 10.1 Å². The van der Waals surface area contributed by atoms with Gasteiger partial charge >= 0.3 is 6.03 Å². The zero-order chi connectivity index (χ0) is 29.0. The highest BCUT2D eigenvalue weighted by Gasteiger charge is 2.23. The number of rotatable bonds is 8. The Morgan fingerprint density at radius 1 is 1.02 bits per heavy atom. The fraction of sp³-hybridized carbons (Fsp3) is 0.269. The summed E-state index contributed by atoms with van der Waals surface area (Å²) >= 11 is 1.24. The van der Waals surface area contributed by atoms with Gasteiger partial charge in [-0.2, -0.15) is 0 Å². The van der Waals surface area contributed by atoms with Crippen LogP contribution in [0.1, 0.15) is 17.0 Å². The van der Waals surface area contributed by atoms with E-state index in [4.69, 9.17) is 4.52 Å². The molecule has 1 aliphatic rings. The molecular weight excluding hydrogens is 568 g/mol. The van der Waals surface area contributed by atoms with Crippen LogP contribution in [0.5, 0.6) is 0 Å². The Labute approximate surface area is 240 Å². The second kappa shape index (κ2) is 11.9. The summed E-state index contributed by atoms with van der Waals surface area (Å²) in [6.45, 7) is 5.88. The third kappa shape index (κ3) is 6.81. The van der Waals surface area contributed by atoms with Gasteiger partial charge in [-0.1, -0.05) is 11.2 Å². The maximum Gasteiger partial charge on any atom is 0.323 e. The number of carbonyl (C=O) groups excluding carboxylic acids is 2. The molecule has 0 atom stereocenters. The van der Waals surface area contributed by atoms with Gasteiger partial charge in [-0.15, -0.1) is 11.3 Å². The van der Waals surface area contributed by atoms with E-state index in [1.165, 1.54) is 35.6 Å². The van der Waals surface area contributed by atoms with Crippen molar-refractivity contribution < 1.29 is 22.5 Å². The first-order valence-electron chi connectivity index (χ1n) is 12.7. The Hall–Kier alpha value is -4.50. The molecule has 1 aromatic carbocycles. The molecule has 0 bridgehead atoms. The summed E-state index contributed by atoms with van der Waals surface area (Å²) in [6, 6.07) is 11.3. The fourth-order valence-electron chi connectivity index (χ4n) is 4.07. The maximum atomic E-state index is 12.7. The fourth-order valence-corrected chi connectivity index (χ4v) is 5.82. The van der Waals surface area contributed by atoms with E-state index in [1.54, 1.807) is 30.3 Å². The predicted molar refractivity (Wildman–Crippen MR) is 155 cm³/mol. The molecule has 13 nitrogen and oxygen atoms in total. The van der Waals surface area contributed by atoms with Crippen molar-refractivity contribution in [3.8, 4) is 0 Å². The molecule has 4 heterocycles. The molecule has 0 saturated carbocycles. The molecule has 1 aliphatic heterocycles. The molecule has 0 spiro atoms. The lowest BCUT2D eigenvalue weighted by Crippen LogP contribution is -2.50. The van der Waals surface area contributed by atoms with Gasteiger partial charge in [-0.05, 0) is 50.2 Å². The molecule has 1 fully saturated rings. The number of sulfonamides is 1. The van der Waals surface area contributed by atoms with Crippen molar-refractivity contribution in [1.29, 1.82) is 0 Å². The van der Waals surface area contributed by atoms with E-state index in [0.29, 0.717) is 53.9 Å². The van der Waals surface area contributed by atoms with Crippen molar-refractivity contribution in [2.45, 2.75) is 25.2 Å². The number of benzene rings is 1. The first-order chi connectivity index (χ1) is 19.7. The van der Waals surface area contributed by atoms with Crippen molar-refractivity contribution in [2.24, 2.45) is 0 Å². The van der Waals surface area contributed by atoms with Crippen LogP contribution in [-0.2, 0) is 21.2 Å². The number of pyridine rings is 1. The van der Waals surface area contributed by atoms with E-state index in [2.05, 4.69) is 35.4 Å². The lowest BCUT2D eigenvalue weighted by atomic mass is 10.3. The zero-order valence-electron chi connectivity index (χ0n) is 22.3. The third-order valence-corrected chi connectivity index (χ3v) is 8.63. The summed E-state index contributed by atoms with van der Waals surface area (Å²) in [6.07, 6.45) is 1.74. The number of amides is 3. The van der Waals surface area contributed by atoms with Crippen molar-refractivity contribution in [1.82, 2.24) is 20.0 Å². The topological polar surface area (TPSA) is 163 Å². The van der Waals surface area contributed by atoms with Gasteiger partial charge in [0.2, 0.25) is 11.8 Å². The zero-order valence-corrected chi connectivity index (χ0v) is 24.0. The summed E-state index contributed by atoms with van der Waals surface area (Å²) in [4.78, 5) is 37.9. The van der Waals surface area contributed by atoms with E-state index >= 15 is 0 Å². The quantitative estimate of drug-likeness (QED) is 0.276. The molecule has 1 saturated heterocycles. The number of hydrogen-bond acceptors (Lipinski definition) is 10. The smallest absolute Gasteiger partial charge is 0.323 e. The van der Waals surface area contributed by atoms with Crippen LogP contribution in [0.25, 0.3) is 0 Å². The monoisotopic (exact) mass is 596 g/mol. The van der Waals surface area contributed by atoms with Gasteiger partial charge in [0.05, 0.1) is 22.7 Å². The number of nitrogens with one attached hydrogen (secondary N) is 3. The van der Waals surface area contributed by atoms with Crippen molar-refractivity contribution in [3.05, 3.63) is 71.0 Å². The Morgan fingerprint density at radius 3 is 2.44 bits per heavy atom. The number of aromatic nitrogens is 3. The SMILES string of the molecule is Cc1noc(NS(=O)(=O)c2ccc(NC(=O)Cc3csc(NC(=O)N4CCN(c5ccccn5)CC4)n3)cc2)c1C.